The van der Waals surface area contributed by atoms with Gasteiger partial charge in [-0.25, -0.2) is 4.39 Å². The Morgan fingerprint density at radius 2 is 2.05 bits per heavy atom. The van der Waals surface area contributed by atoms with Gasteiger partial charge in [-0.1, -0.05) is 0 Å². The van der Waals surface area contributed by atoms with E-state index in [0.717, 1.165) is 16.6 Å². The second-order valence-electron chi connectivity index (χ2n) is 4.49. The lowest BCUT2D eigenvalue weighted by molar-refractivity contribution is 0.620. The smallest absolute Gasteiger partial charge is 0.178 e. The minimum atomic E-state index is -0.222. The van der Waals surface area contributed by atoms with Crippen LogP contribution in [0.1, 0.15) is 11.1 Å². The summed E-state index contributed by atoms with van der Waals surface area (Å²) in [5, 5.41) is 0. The number of hydrogen-bond acceptors (Lipinski definition) is 2. The predicted molar refractivity (Wildman–Crippen MR) is 75.2 cm³/mol. The molecule has 0 saturated carbocycles. The van der Waals surface area contributed by atoms with E-state index in [0.29, 0.717) is 16.9 Å². The molecule has 96 valence electrons. The van der Waals surface area contributed by atoms with Crippen LogP contribution in [0.4, 0.5) is 4.39 Å². The maximum Gasteiger partial charge on any atom is 0.178 e. The topological polar surface area (TPSA) is 33.6 Å². The van der Waals surface area contributed by atoms with E-state index in [1.165, 1.54) is 6.07 Å². The third-order valence-electron chi connectivity index (χ3n) is 3.14. The number of halogens is 1. The second kappa shape index (κ2) is 4.59. The van der Waals surface area contributed by atoms with E-state index >= 15 is 0 Å². The van der Waals surface area contributed by atoms with E-state index in [2.05, 4.69) is 9.97 Å². The van der Waals surface area contributed by atoms with Crippen molar-refractivity contribution < 1.29 is 4.39 Å². The van der Waals surface area contributed by atoms with Crippen LogP contribution in [-0.4, -0.2) is 14.5 Å². The van der Waals surface area contributed by atoms with Gasteiger partial charge in [0, 0.05) is 12.4 Å². The number of aryl methyl sites for hydroxylation is 1. The molecule has 3 nitrogen and oxygen atoms in total. The van der Waals surface area contributed by atoms with Crippen LogP contribution in [0, 0.1) is 17.5 Å². The third-order valence-corrected chi connectivity index (χ3v) is 3.47. The van der Waals surface area contributed by atoms with Crippen molar-refractivity contribution in [3.05, 3.63) is 58.4 Å². The molecule has 3 rings (SSSR count). The number of benzene rings is 1. The highest BCUT2D eigenvalue weighted by molar-refractivity contribution is 7.71. The highest BCUT2D eigenvalue weighted by Gasteiger charge is 2.08. The summed E-state index contributed by atoms with van der Waals surface area (Å²) in [6.45, 7) is 2.40. The lowest BCUT2D eigenvalue weighted by atomic mass is 10.2. The average molecular weight is 273 g/mol. The summed E-state index contributed by atoms with van der Waals surface area (Å²) in [5.41, 5.74) is 3.36. The largest absolute Gasteiger partial charge is 0.330 e. The van der Waals surface area contributed by atoms with E-state index in [1.807, 2.05) is 22.8 Å². The highest BCUT2D eigenvalue weighted by atomic mass is 32.1. The third kappa shape index (κ3) is 2.17. The van der Waals surface area contributed by atoms with Gasteiger partial charge in [0.1, 0.15) is 5.82 Å². The predicted octanol–water partition coefficient (Wildman–Crippen LogP) is 3.59. The van der Waals surface area contributed by atoms with Gasteiger partial charge in [-0.05, 0) is 54.5 Å². The first-order chi connectivity index (χ1) is 9.15. The Bertz CT molecular complexity index is 790. The number of aromatic nitrogens is 3. The molecular formula is C14H12FN3S. The van der Waals surface area contributed by atoms with E-state index in [-0.39, 0.29) is 5.82 Å². The van der Waals surface area contributed by atoms with E-state index in [9.17, 15) is 4.39 Å². The molecule has 0 fully saturated rings. The lowest BCUT2D eigenvalue weighted by Gasteiger charge is -2.05. The van der Waals surface area contributed by atoms with Gasteiger partial charge >= 0.3 is 0 Å². The molecule has 0 aliphatic carbocycles. The number of H-pyrrole nitrogens is 1. The Balaban J connectivity index is 2.16. The molecule has 1 N–H and O–H groups in total. The summed E-state index contributed by atoms with van der Waals surface area (Å²) in [4.78, 5) is 7.03. The Labute approximate surface area is 114 Å². The van der Waals surface area contributed by atoms with Gasteiger partial charge < -0.3 is 9.55 Å². The van der Waals surface area contributed by atoms with Crippen LogP contribution in [0.5, 0.6) is 0 Å². The molecular weight excluding hydrogens is 261 g/mol. The van der Waals surface area contributed by atoms with Crippen LogP contribution in [-0.2, 0) is 6.54 Å². The fraction of sp³-hybridized carbons (Fsp3) is 0.143. The number of fused-ring (bicyclic) bond motifs is 1. The maximum atomic E-state index is 13.5. The lowest BCUT2D eigenvalue weighted by Crippen LogP contribution is -2.00. The number of rotatable bonds is 2. The molecule has 5 heteroatoms. The monoisotopic (exact) mass is 273 g/mol. The number of nitrogens with zero attached hydrogens (tertiary/aromatic N) is 2. The zero-order chi connectivity index (χ0) is 13.4. The van der Waals surface area contributed by atoms with Crippen molar-refractivity contribution in [3.8, 4) is 0 Å². The van der Waals surface area contributed by atoms with Crippen molar-refractivity contribution in [1.29, 1.82) is 0 Å². The number of aromatic amines is 1. The molecule has 19 heavy (non-hydrogen) atoms. The standard InChI is InChI=1S/C14H12FN3S/c1-9-6-13-12(7-11(9)15)17-14(19)18(13)8-10-2-4-16-5-3-10/h2-7H,8H2,1H3,(H,17,19). The molecule has 0 radical (unpaired) electrons. The van der Waals surface area contributed by atoms with Crippen LogP contribution in [0.2, 0.25) is 0 Å². The first kappa shape index (κ1) is 12.0. The van der Waals surface area contributed by atoms with E-state index in [4.69, 9.17) is 12.2 Å². The number of pyridine rings is 1. The summed E-state index contributed by atoms with van der Waals surface area (Å²) >= 11 is 5.31. The SMILES string of the molecule is Cc1cc2c(cc1F)[nH]c(=S)n2Cc1ccncc1. The quantitative estimate of drug-likeness (QED) is 0.724. The minimum absolute atomic E-state index is 0.222. The second-order valence-corrected chi connectivity index (χ2v) is 4.88. The Morgan fingerprint density at radius 1 is 1.32 bits per heavy atom. The highest BCUT2D eigenvalue weighted by Crippen LogP contribution is 2.19. The zero-order valence-electron chi connectivity index (χ0n) is 10.4. The van der Waals surface area contributed by atoms with Gasteiger partial charge in [-0.3, -0.25) is 4.98 Å². The Kier molecular flexibility index (Phi) is 2.91. The number of hydrogen-bond donors (Lipinski definition) is 1. The molecule has 3 aromatic rings. The molecule has 0 bridgehead atoms. The summed E-state index contributed by atoms with van der Waals surface area (Å²) in [6, 6.07) is 7.19. The van der Waals surface area contributed by atoms with Gasteiger partial charge in [0.2, 0.25) is 0 Å². The van der Waals surface area contributed by atoms with Crippen LogP contribution < -0.4 is 0 Å². The molecule has 0 unspecified atom stereocenters. The molecule has 0 atom stereocenters. The molecule has 0 spiro atoms. The Hall–Kier alpha value is -2.01. The zero-order valence-corrected chi connectivity index (χ0v) is 11.2. The molecule has 0 saturated heterocycles. The van der Waals surface area contributed by atoms with Gasteiger partial charge in [-0.2, -0.15) is 0 Å². The van der Waals surface area contributed by atoms with Crippen molar-refractivity contribution in [3.63, 3.8) is 0 Å². The molecule has 2 heterocycles. The summed E-state index contributed by atoms with van der Waals surface area (Å²) in [7, 11) is 0. The van der Waals surface area contributed by atoms with Crippen LogP contribution >= 0.6 is 12.2 Å². The average Bonchev–Trinajstić information content (AvgIpc) is 2.68. The van der Waals surface area contributed by atoms with Gasteiger partial charge in [0.05, 0.1) is 17.6 Å². The minimum Gasteiger partial charge on any atom is -0.330 e. The van der Waals surface area contributed by atoms with Crippen LogP contribution in [0.3, 0.4) is 0 Å². The number of nitrogens with one attached hydrogen (secondary N) is 1. The van der Waals surface area contributed by atoms with Crippen molar-refractivity contribution >= 4 is 23.3 Å². The van der Waals surface area contributed by atoms with Gasteiger partial charge in [0.25, 0.3) is 0 Å². The maximum absolute atomic E-state index is 13.5. The van der Waals surface area contributed by atoms with Gasteiger partial charge in [0.15, 0.2) is 4.77 Å². The van der Waals surface area contributed by atoms with E-state index < -0.39 is 0 Å². The molecule has 1 aromatic carbocycles. The molecule has 0 amide bonds. The summed E-state index contributed by atoms with van der Waals surface area (Å²) in [5.74, 6) is -0.222. The normalized spacial score (nSPS) is 11.1. The fourth-order valence-electron chi connectivity index (χ4n) is 2.11. The summed E-state index contributed by atoms with van der Waals surface area (Å²) in [6.07, 6.45) is 3.50. The van der Waals surface area contributed by atoms with Crippen LogP contribution in [0.15, 0.2) is 36.7 Å². The van der Waals surface area contributed by atoms with Crippen molar-refractivity contribution in [2.75, 3.05) is 0 Å². The first-order valence-corrected chi connectivity index (χ1v) is 6.33. The molecule has 0 aliphatic rings. The summed E-state index contributed by atoms with van der Waals surface area (Å²) < 4.78 is 16.1. The van der Waals surface area contributed by atoms with Crippen molar-refractivity contribution in [1.82, 2.24) is 14.5 Å². The first-order valence-electron chi connectivity index (χ1n) is 5.93. The number of imidazole rings is 1. The fourth-order valence-corrected chi connectivity index (χ4v) is 2.38. The van der Waals surface area contributed by atoms with Crippen LogP contribution in [0.25, 0.3) is 11.0 Å². The van der Waals surface area contributed by atoms with Gasteiger partial charge in [-0.15, -0.1) is 0 Å². The molecule has 0 aliphatic heterocycles. The van der Waals surface area contributed by atoms with Crippen molar-refractivity contribution in [2.45, 2.75) is 13.5 Å². The van der Waals surface area contributed by atoms with E-state index in [1.54, 1.807) is 19.3 Å². The molecule has 2 aromatic heterocycles. The Morgan fingerprint density at radius 3 is 2.79 bits per heavy atom. The van der Waals surface area contributed by atoms with Crippen molar-refractivity contribution in [2.24, 2.45) is 0 Å².